The second-order valence-corrected chi connectivity index (χ2v) is 12.3. The molecule has 2 N–H and O–H groups in total. The third-order valence-electron chi connectivity index (χ3n) is 9.30. The highest BCUT2D eigenvalue weighted by molar-refractivity contribution is 5.98. The normalized spacial score (nSPS) is 19.7. The molecule has 2 atom stereocenters. The Morgan fingerprint density at radius 3 is 2.16 bits per heavy atom. The maximum absolute atomic E-state index is 14.2. The molecule has 0 saturated carbocycles. The number of piperidine rings is 1. The fourth-order valence-electron chi connectivity index (χ4n) is 6.77. The Morgan fingerprint density at radius 2 is 1.45 bits per heavy atom. The van der Waals surface area contributed by atoms with E-state index in [9.17, 15) is 9.59 Å². The number of carbonyl (C=O) groups is 2. The molecule has 0 aromatic heterocycles. The minimum atomic E-state index is -0.283. The molecule has 2 aliphatic heterocycles. The van der Waals surface area contributed by atoms with Gasteiger partial charge in [-0.1, -0.05) is 97.4 Å². The van der Waals surface area contributed by atoms with Crippen molar-refractivity contribution < 1.29 is 9.59 Å². The van der Waals surface area contributed by atoms with Crippen LogP contribution in [-0.4, -0.2) is 73.0 Å². The van der Waals surface area contributed by atoms with Gasteiger partial charge in [0.1, 0.15) is 0 Å². The number of hydrogen-bond acceptors (Lipinski definition) is 4. The molecule has 0 aliphatic carbocycles. The van der Waals surface area contributed by atoms with Crippen molar-refractivity contribution >= 4 is 22.6 Å². The van der Waals surface area contributed by atoms with Gasteiger partial charge in [0.25, 0.3) is 5.91 Å². The topological polar surface area (TPSA) is 64.7 Å². The van der Waals surface area contributed by atoms with Crippen LogP contribution in [0.3, 0.4) is 0 Å². The van der Waals surface area contributed by atoms with Gasteiger partial charge in [-0.05, 0) is 72.8 Å². The molecular weight excluding hydrogens is 544 g/mol. The first-order valence-electron chi connectivity index (χ1n) is 16.3. The third kappa shape index (κ3) is 7.55. The molecule has 0 radical (unpaired) electrons. The van der Waals surface area contributed by atoms with Gasteiger partial charge in [0.2, 0.25) is 5.91 Å². The SMILES string of the molecule is O=C(NCC1CCN(CC(c2ccccc2)c2ccccc2)C(=O)C(CCN2CCCCC2)N1)c1ccc2ccccc2c1. The first-order chi connectivity index (χ1) is 21.6. The molecule has 0 spiro atoms. The zero-order valence-corrected chi connectivity index (χ0v) is 25.5. The standard InChI is InChI=1S/C38H44N4O2/c43-37(33-19-18-29-12-8-9-17-32(29)26-33)39-27-34-20-25-42(38(44)36(40-34)21-24-41-22-10-3-11-23-41)28-35(30-13-4-1-5-14-30)31-15-6-2-7-16-31/h1-2,4-9,12-19,26,34-36,40H,3,10-11,20-25,27-28H2,(H,39,43). The van der Waals surface area contributed by atoms with Gasteiger partial charge < -0.3 is 20.4 Å². The van der Waals surface area contributed by atoms with Crippen LogP contribution in [-0.2, 0) is 4.79 Å². The number of benzene rings is 4. The van der Waals surface area contributed by atoms with E-state index in [1.165, 1.54) is 30.4 Å². The summed E-state index contributed by atoms with van der Waals surface area (Å²) < 4.78 is 0. The van der Waals surface area contributed by atoms with E-state index in [2.05, 4.69) is 75.0 Å². The number of nitrogens with zero attached hydrogens (tertiary/aromatic N) is 2. The number of likely N-dealkylation sites (tertiary alicyclic amines) is 1. The second kappa shape index (κ2) is 14.7. The Hall–Kier alpha value is -4.00. The van der Waals surface area contributed by atoms with Crippen molar-refractivity contribution in [1.82, 2.24) is 20.4 Å². The molecule has 228 valence electrons. The summed E-state index contributed by atoms with van der Waals surface area (Å²) in [7, 11) is 0. The first kappa shape index (κ1) is 30.0. The van der Waals surface area contributed by atoms with Crippen molar-refractivity contribution in [2.24, 2.45) is 0 Å². The molecule has 0 bridgehead atoms. The maximum atomic E-state index is 14.2. The molecule has 2 heterocycles. The minimum Gasteiger partial charge on any atom is -0.350 e. The molecule has 4 aromatic rings. The molecule has 6 rings (SSSR count). The summed E-state index contributed by atoms with van der Waals surface area (Å²) in [4.78, 5) is 32.0. The van der Waals surface area contributed by atoms with Crippen molar-refractivity contribution in [2.45, 2.75) is 50.1 Å². The number of rotatable bonds is 10. The number of fused-ring (bicyclic) bond motifs is 1. The Labute approximate surface area is 261 Å². The van der Waals surface area contributed by atoms with Gasteiger partial charge in [-0.3, -0.25) is 9.59 Å². The van der Waals surface area contributed by atoms with Crippen molar-refractivity contribution in [3.63, 3.8) is 0 Å². The molecule has 2 saturated heterocycles. The molecule has 2 unspecified atom stereocenters. The quantitative estimate of drug-likeness (QED) is 0.245. The number of carbonyl (C=O) groups excluding carboxylic acids is 2. The van der Waals surface area contributed by atoms with Crippen molar-refractivity contribution in [1.29, 1.82) is 0 Å². The summed E-state index contributed by atoms with van der Waals surface area (Å²) in [5, 5.41) is 9.03. The Balaban J connectivity index is 1.18. The van der Waals surface area contributed by atoms with E-state index in [-0.39, 0.29) is 29.8 Å². The largest absolute Gasteiger partial charge is 0.350 e. The van der Waals surface area contributed by atoms with Crippen LogP contribution in [0.25, 0.3) is 10.8 Å². The highest BCUT2D eigenvalue weighted by Crippen LogP contribution is 2.27. The molecule has 2 amide bonds. The summed E-state index contributed by atoms with van der Waals surface area (Å²) >= 11 is 0. The van der Waals surface area contributed by atoms with E-state index < -0.39 is 0 Å². The first-order valence-corrected chi connectivity index (χ1v) is 16.3. The van der Waals surface area contributed by atoms with Crippen LogP contribution in [0.1, 0.15) is 59.5 Å². The lowest BCUT2D eigenvalue weighted by atomic mass is 9.90. The molecule has 6 nitrogen and oxygen atoms in total. The monoisotopic (exact) mass is 588 g/mol. The van der Waals surface area contributed by atoms with E-state index in [0.29, 0.717) is 25.2 Å². The van der Waals surface area contributed by atoms with Crippen molar-refractivity contribution in [3.05, 3.63) is 120 Å². The highest BCUT2D eigenvalue weighted by Gasteiger charge is 2.33. The summed E-state index contributed by atoms with van der Waals surface area (Å²) in [6, 6.07) is 34.7. The van der Waals surface area contributed by atoms with E-state index in [4.69, 9.17) is 0 Å². The van der Waals surface area contributed by atoms with E-state index in [0.717, 1.165) is 43.2 Å². The summed E-state index contributed by atoms with van der Waals surface area (Å²) in [6.45, 7) is 4.89. The average molecular weight is 589 g/mol. The lowest BCUT2D eigenvalue weighted by Crippen LogP contribution is -2.50. The second-order valence-electron chi connectivity index (χ2n) is 12.3. The summed E-state index contributed by atoms with van der Waals surface area (Å²) in [6.07, 6.45) is 5.31. The Morgan fingerprint density at radius 1 is 0.795 bits per heavy atom. The fourth-order valence-corrected chi connectivity index (χ4v) is 6.77. The number of amides is 2. The van der Waals surface area contributed by atoms with Crippen LogP contribution < -0.4 is 10.6 Å². The maximum Gasteiger partial charge on any atom is 0.251 e. The molecule has 4 aromatic carbocycles. The summed E-state index contributed by atoms with van der Waals surface area (Å²) in [5.74, 6) is 0.179. The number of nitrogens with one attached hydrogen (secondary N) is 2. The Kier molecular flexibility index (Phi) is 10.0. The molecular formula is C38H44N4O2. The van der Waals surface area contributed by atoms with Gasteiger partial charge in [-0.25, -0.2) is 0 Å². The third-order valence-corrected chi connectivity index (χ3v) is 9.30. The van der Waals surface area contributed by atoms with Crippen LogP contribution >= 0.6 is 0 Å². The fraction of sp³-hybridized carbons (Fsp3) is 0.368. The molecule has 2 fully saturated rings. The predicted molar refractivity (Wildman–Crippen MR) is 178 cm³/mol. The van der Waals surface area contributed by atoms with Gasteiger partial charge in [0, 0.05) is 43.7 Å². The van der Waals surface area contributed by atoms with Crippen molar-refractivity contribution in [3.8, 4) is 0 Å². The predicted octanol–water partition coefficient (Wildman–Crippen LogP) is 5.84. The van der Waals surface area contributed by atoms with Gasteiger partial charge >= 0.3 is 0 Å². The van der Waals surface area contributed by atoms with E-state index in [1.807, 2.05) is 48.5 Å². The average Bonchev–Trinajstić information content (AvgIpc) is 3.23. The van der Waals surface area contributed by atoms with E-state index in [1.54, 1.807) is 0 Å². The van der Waals surface area contributed by atoms with Crippen LogP contribution in [0.5, 0.6) is 0 Å². The zero-order chi connectivity index (χ0) is 30.1. The zero-order valence-electron chi connectivity index (χ0n) is 25.5. The molecule has 2 aliphatic rings. The van der Waals surface area contributed by atoms with Crippen LogP contribution in [0.2, 0.25) is 0 Å². The van der Waals surface area contributed by atoms with Gasteiger partial charge in [-0.2, -0.15) is 0 Å². The molecule has 6 heteroatoms. The lowest BCUT2D eigenvalue weighted by Gasteiger charge is -2.31. The Bertz CT molecular complexity index is 1480. The summed E-state index contributed by atoms with van der Waals surface area (Å²) in [5.41, 5.74) is 3.09. The highest BCUT2D eigenvalue weighted by atomic mass is 16.2. The smallest absolute Gasteiger partial charge is 0.251 e. The number of hydrogen-bond donors (Lipinski definition) is 2. The van der Waals surface area contributed by atoms with Gasteiger partial charge in [0.15, 0.2) is 0 Å². The van der Waals surface area contributed by atoms with Crippen molar-refractivity contribution in [2.75, 3.05) is 39.3 Å². The molecule has 44 heavy (non-hydrogen) atoms. The van der Waals surface area contributed by atoms with Gasteiger partial charge in [0.05, 0.1) is 6.04 Å². The lowest BCUT2D eigenvalue weighted by molar-refractivity contribution is -0.133. The van der Waals surface area contributed by atoms with Crippen LogP contribution in [0, 0.1) is 0 Å². The minimum absolute atomic E-state index is 0.00612. The van der Waals surface area contributed by atoms with Crippen LogP contribution in [0.15, 0.2) is 103 Å². The van der Waals surface area contributed by atoms with E-state index >= 15 is 0 Å². The van der Waals surface area contributed by atoms with Crippen LogP contribution in [0.4, 0.5) is 0 Å². The van der Waals surface area contributed by atoms with Gasteiger partial charge in [-0.15, -0.1) is 0 Å².